The molecule has 0 unspecified atom stereocenters. The van der Waals surface area contributed by atoms with Crippen LogP contribution in [0.5, 0.6) is 5.75 Å². The van der Waals surface area contributed by atoms with E-state index in [-0.39, 0.29) is 0 Å². The van der Waals surface area contributed by atoms with Crippen LogP contribution in [0.4, 0.5) is 4.79 Å². The molecule has 0 spiro atoms. The first-order chi connectivity index (χ1) is 10.5. The highest BCUT2D eigenvalue weighted by Gasteiger charge is 2.21. The van der Waals surface area contributed by atoms with E-state index in [4.69, 9.17) is 4.74 Å². The van der Waals surface area contributed by atoms with Crippen molar-refractivity contribution in [3.05, 3.63) is 66.2 Å². The molecule has 0 aliphatic rings. The molecule has 0 saturated heterocycles. The molecule has 2 rings (SSSR count). The number of ether oxygens (including phenoxy) is 2. The lowest BCUT2D eigenvalue weighted by atomic mass is 10.0. The van der Waals surface area contributed by atoms with Crippen LogP contribution in [0.1, 0.15) is 18.9 Å². The standard InChI is InChI=1S/C9H12O2.C8H8O3/c1-2-9(10,11)8-6-4-3-5-7-8;1-10-8(9)11-7-5-3-2-4-6-7/h3-7,10-11H,2H2,1H3;2-6H,1H3. The molecule has 0 aliphatic carbocycles. The average molecular weight is 304 g/mol. The molecule has 2 aromatic carbocycles. The van der Waals surface area contributed by atoms with Crippen molar-refractivity contribution in [2.45, 2.75) is 19.1 Å². The van der Waals surface area contributed by atoms with Gasteiger partial charge in [-0.05, 0) is 12.1 Å². The summed E-state index contributed by atoms with van der Waals surface area (Å²) in [5.74, 6) is -1.18. The minimum atomic E-state index is -1.67. The Labute approximate surface area is 129 Å². The molecule has 5 heteroatoms. The van der Waals surface area contributed by atoms with Gasteiger partial charge in [0.2, 0.25) is 0 Å². The van der Waals surface area contributed by atoms with Crippen LogP contribution in [0.3, 0.4) is 0 Å². The normalized spacial score (nSPS) is 10.2. The lowest BCUT2D eigenvalue weighted by Crippen LogP contribution is -2.23. The van der Waals surface area contributed by atoms with Gasteiger partial charge in [-0.15, -0.1) is 0 Å². The number of benzene rings is 2. The molecule has 2 aromatic rings. The van der Waals surface area contributed by atoms with Gasteiger partial charge in [-0.2, -0.15) is 0 Å². The quantitative estimate of drug-likeness (QED) is 0.518. The van der Waals surface area contributed by atoms with Gasteiger partial charge in [0.05, 0.1) is 7.11 Å². The zero-order valence-corrected chi connectivity index (χ0v) is 12.6. The third kappa shape index (κ3) is 5.95. The third-order valence-electron chi connectivity index (χ3n) is 2.84. The fourth-order valence-corrected chi connectivity index (χ4v) is 1.54. The van der Waals surface area contributed by atoms with Crippen LogP contribution in [0.2, 0.25) is 0 Å². The van der Waals surface area contributed by atoms with Crippen molar-refractivity contribution in [2.75, 3.05) is 7.11 Å². The number of carbonyl (C=O) groups is 1. The van der Waals surface area contributed by atoms with E-state index in [0.717, 1.165) is 0 Å². The second-order valence-electron chi connectivity index (χ2n) is 4.41. The smallest absolute Gasteiger partial charge is 0.437 e. The van der Waals surface area contributed by atoms with Crippen LogP contribution in [0.25, 0.3) is 0 Å². The third-order valence-corrected chi connectivity index (χ3v) is 2.84. The summed E-state index contributed by atoms with van der Waals surface area (Å²) in [6.45, 7) is 1.73. The first kappa shape index (κ1) is 17.7. The summed E-state index contributed by atoms with van der Waals surface area (Å²) < 4.78 is 9.00. The number of rotatable bonds is 3. The second-order valence-corrected chi connectivity index (χ2v) is 4.41. The van der Waals surface area contributed by atoms with E-state index >= 15 is 0 Å². The fraction of sp³-hybridized carbons (Fsp3) is 0.235. The summed E-state index contributed by atoms with van der Waals surface area (Å²) in [6.07, 6.45) is -0.395. The number of hydrogen-bond donors (Lipinski definition) is 2. The summed E-state index contributed by atoms with van der Waals surface area (Å²) in [5, 5.41) is 18.7. The van der Waals surface area contributed by atoms with Crippen molar-refractivity contribution in [1.82, 2.24) is 0 Å². The number of aliphatic hydroxyl groups is 2. The number of methoxy groups -OCH3 is 1. The van der Waals surface area contributed by atoms with E-state index in [1.807, 2.05) is 12.1 Å². The predicted molar refractivity (Wildman–Crippen MR) is 82.3 cm³/mol. The lowest BCUT2D eigenvalue weighted by molar-refractivity contribution is -0.171. The van der Waals surface area contributed by atoms with E-state index in [0.29, 0.717) is 17.7 Å². The topological polar surface area (TPSA) is 76.0 Å². The van der Waals surface area contributed by atoms with E-state index in [2.05, 4.69) is 4.74 Å². The Bertz CT molecular complexity index is 552. The van der Waals surface area contributed by atoms with E-state index in [1.54, 1.807) is 55.5 Å². The van der Waals surface area contributed by atoms with E-state index < -0.39 is 11.9 Å². The Balaban J connectivity index is 0.000000220. The molecule has 0 aliphatic heterocycles. The predicted octanol–water partition coefficient (Wildman–Crippen LogP) is 3.07. The Kier molecular flexibility index (Phi) is 7.08. The molecule has 0 saturated carbocycles. The SMILES string of the molecule is CCC(O)(O)c1ccccc1.COC(=O)Oc1ccccc1. The van der Waals surface area contributed by atoms with Crippen LogP contribution < -0.4 is 4.74 Å². The van der Waals surface area contributed by atoms with Crippen LogP contribution in [0, 0.1) is 0 Å². The largest absolute Gasteiger partial charge is 0.513 e. The molecule has 0 fully saturated rings. The summed E-state index contributed by atoms with van der Waals surface area (Å²) in [6, 6.07) is 17.6. The summed E-state index contributed by atoms with van der Waals surface area (Å²) in [4.78, 5) is 10.5. The molecular weight excluding hydrogens is 284 g/mol. The van der Waals surface area contributed by atoms with Gasteiger partial charge in [0.15, 0.2) is 5.79 Å². The molecule has 0 aromatic heterocycles. The Morgan fingerprint density at radius 3 is 1.95 bits per heavy atom. The highest BCUT2D eigenvalue weighted by Crippen LogP contribution is 2.20. The van der Waals surface area contributed by atoms with Gasteiger partial charge in [0.1, 0.15) is 5.75 Å². The van der Waals surface area contributed by atoms with Gasteiger partial charge in [-0.25, -0.2) is 4.79 Å². The first-order valence-electron chi connectivity index (χ1n) is 6.80. The highest BCUT2D eigenvalue weighted by atomic mass is 16.7. The fourth-order valence-electron chi connectivity index (χ4n) is 1.54. The van der Waals surface area contributed by atoms with Gasteiger partial charge in [0, 0.05) is 12.0 Å². The van der Waals surface area contributed by atoms with Crippen molar-refractivity contribution < 1.29 is 24.5 Å². The Morgan fingerprint density at radius 2 is 1.50 bits per heavy atom. The number of para-hydroxylation sites is 1. The maximum Gasteiger partial charge on any atom is 0.513 e. The number of carbonyl (C=O) groups excluding carboxylic acids is 1. The van der Waals surface area contributed by atoms with Crippen molar-refractivity contribution >= 4 is 6.16 Å². The lowest BCUT2D eigenvalue weighted by Gasteiger charge is -2.19. The number of hydrogen-bond acceptors (Lipinski definition) is 5. The highest BCUT2D eigenvalue weighted by molar-refractivity contribution is 5.63. The molecule has 2 N–H and O–H groups in total. The van der Waals surface area contributed by atoms with E-state index in [1.165, 1.54) is 7.11 Å². The molecule has 0 bridgehead atoms. The molecule has 118 valence electrons. The van der Waals surface area contributed by atoms with Crippen LogP contribution in [-0.2, 0) is 10.5 Å². The molecule has 0 amide bonds. The van der Waals surface area contributed by atoms with Gasteiger partial charge >= 0.3 is 6.16 Å². The molecule has 22 heavy (non-hydrogen) atoms. The van der Waals surface area contributed by atoms with Crippen molar-refractivity contribution in [3.8, 4) is 5.75 Å². The van der Waals surface area contributed by atoms with Gasteiger partial charge in [0.25, 0.3) is 0 Å². The minimum Gasteiger partial charge on any atom is -0.437 e. The minimum absolute atomic E-state index is 0.303. The zero-order valence-electron chi connectivity index (χ0n) is 12.6. The monoisotopic (exact) mass is 304 g/mol. The molecular formula is C17H20O5. The molecule has 0 atom stereocenters. The van der Waals surface area contributed by atoms with Gasteiger partial charge < -0.3 is 19.7 Å². The second kappa shape index (κ2) is 8.81. The molecule has 5 nitrogen and oxygen atoms in total. The first-order valence-corrected chi connectivity index (χ1v) is 6.80. The van der Waals surface area contributed by atoms with Crippen molar-refractivity contribution in [1.29, 1.82) is 0 Å². The van der Waals surface area contributed by atoms with E-state index in [9.17, 15) is 15.0 Å². The summed E-state index contributed by atoms with van der Waals surface area (Å²) in [7, 11) is 1.27. The van der Waals surface area contributed by atoms with Gasteiger partial charge in [-0.1, -0.05) is 55.5 Å². The summed E-state index contributed by atoms with van der Waals surface area (Å²) >= 11 is 0. The van der Waals surface area contributed by atoms with Crippen molar-refractivity contribution in [3.63, 3.8) is 0 Å². The average Bonchev–Trinajstić information content (AvgIpc) is 2.57. The Morgan fingerprint density at radius 1 is 1.00 bits per heavy atom. The van der Waals surface area contributed by atoms with Crippen LogP contribution in [-0.4, -0.2) is 23.5 Å². The maximum absolute atomic E-state index is 10.5. The van der Waals surface area contributed by atoms with Crippen molar-refractivity contribution in [2.24, 2.45) is 0 Å². The van der Waals surface area contributed by atoms with Crippen LogP contribution >= 0.6 is 0 Å². The Hall–Kier alpha value is -2.37. The molecule has 0 radical (unpaired) electrons. The molecule has 0 heterocycles. The maximum atomic E-state index is 10.5. The summed E-state index contributed by atoms with van der Waals surface area (Å²) in [5.41, 5.74) is 0.544. The van der Waals surface area contributed by atoms with Gasteiger partial charge in [-0.3, -0.25) is 0 Å². The zero-order chi connectivity index (χ0) is 16.4. The van der Waals surface area contributed by atoms with Crippen LogP contribution in [0.15, 0.2) is 60.7 Å².